The lowest BCUT2D eigenvalue weighted by atomic mass is 9.98. The van der Waals surface area contributed by atoms with Crippen molar-refractivity contribution in [2.24, 2.45) is 0 Å². The largest absolute Gasteiger partial charge is 0.496 e. The molecule has 0 heterocycles. The first-order valence-electron chi connectivity index (χ1n) is 7.68. The van der Waals surface area contributed by atoms with E-state index >= 15 is 0 Å². The van der Waals surface area contributed by atoms with Gasteiger partial charge < -0.3 is 19.5 Å². The van der Waals surface area contributed by atoms with E-state index in [0.29, 0.717) is 0 Å². The molecular weight excluding hydrogens is 266 g/mol. The van der Waals surface area contributed by atoms with E-state index in [1.807, 2.05) is 19.2 Å². The number of hydrogen-bond acceptors (Lipinski definition) is 4. The van der Waals surface area contributed by atoms with Crippen molar-refractivity contribution in [2.75, 3.05) is 28.4 Å². The lowest BCUT2D eigenvalue weighted by Gasteiger charge is -2.22. The number of ether oxygens (including phenoxy) is 3. The molecule has 0 aliphatic heterocycles. The van der Waals surface area contributed by atoms with Crippen LogP contribution in [0.1, 0.15) is 50.6 Å². The molecular formula is C17H29NO3. The smallest absolute Gasteiger partial charge is 0.131 e. The fourth-order valence-corrected chi connectivity index (χ4v) is 2.58. The average molecular weight is 295 g/mol. The zero-order valence-corrected chi connectivity index (χ0v) is 14.0. The van der Waals surface area contributed by atoms with E-state index in [9.17, 15) is 0 Å². The zero-order chi connectivity index (χ0) is 15.7. The van der Waals surface area contributed by atoms with Crippen LogP contribution in [0.4, 0.5) is 0 Å². The lowest BCUT2D eigenvalue weighted by molar-refractivity contribution is 0.355. The Morgan fingerprint density at radius 2 is 1.57 bits per heavy atom. The molecule has 0 bridgehead atoms. The van der Waals surface area contributed by atoms with Crippen LogP contribution in [0.15, 0.2) is 12.1 Å². The third-order valence-corrected chi connectivity index (χ3v) is 3.80. The second-order valence-corrected chi connectivity index (χ2v) is 5.14. The topological polar surface area (TPSA) is 39.7 Å². The molecule has 0 saturated carbocycles. The van der Waals surface area contributed by atoms with Crippen molar-refractivity contribution >= 4 is 0 Å². The molecule has 1 unspecified atom stereocenters. The van der Waals surface area contributed by atoms with Gasteiger partial charge in [0.15, 0.2) is 0 Å². The molecule has 0 radical (unpaired) electrons. The highest BCUT2D eigenvalue weighted by Crippen LogP contribution is 2.39. The van der Waals surface area contributed by atoms with E-state index in [1.165, 1.54) is 25.7 Å². The van der Waals surface area contributed by atoms with Gasteiger partial charge in [-0.05, 0) is 13.5 Å². The van der Waals surface area contributed by atoms with Crippen LogP contribution < -0.4 is 19.5 Å². The molecule has 0 amide bonds. The Labute approximate surface area is 128 Å². The van der Waals surface area contributed by atoms with Gasteiger partial charge in [0.1, 0.15) is 17.2 Å². The van der Waals surface area contributed by atoms with Crippen LogP contribution in [0.5, 0.6) is 17.2 Å². The Bertz CT molecular complexity index is 395. The summed E-state index contributed by atoms with van der Waals surface area (Å²) < 4.78 is 16.4. The fraction of sp³-hybridized carbons (Fsp3) is 0.647. The Balaban J connectivity index is 3.00. The summed E-state index contributed by atoms with van der Waals surface area (Å²) in [5.41, 5.74) is 1.07. The highest BCUT2D eigenvalue weighted by atomic mass is 16.5. The molecule has 1 N–H and O–H groups in total. The minimum atomic E-state index is 0.220. The van der Waals surface area contributed by atoms with Crippen molar-refractivity contribution in [3.63, 3.8) is 0 Å². The molecule has 0 fully saturated rings. The van der Waals surface area contributed by atoms with Crippen molar-refractivity contribution < 1.29 is 14.2 Å². The van der Waals surface area contributed by atoms with Crippen LogP contribution >= 0.6 is 0 Å². The summed E-state index contributed by atoms with van der Waals surface area (Å²) >= 11 is 0. The van der Waals surface area contributed by atoms with Gasteiger partial charge in [-0.15, -0.1) is 0 Å². The van der Waals surface area contributed by atoms with Gasteiger partial charge in [-0.1, -0.05) is 32.6 Å². The SMILES string of the molecule is CCCCCCC(NC)c1c(OC)cc(OC)cc1OC. The Morgan fingerprint density at radius 3 is 2.00 bits per heavy atom. The molecule has 21 heavy (non-hydrogen) atoms. The van der Waals surface area contributed by atoms with Crippen molar-refractivity contribution in [1.82, 2.24) is 5.32 Å². The van der Waals surface area contributed by atoms with Gasteiger partial charge in [-0.25, -0.2) is 0 Å². The van der Waals surface area contributed by atoms with E-state index < -0.39 is 0 Å². The number of nitrogens with one attached hydrogen (secondary N) is 1. The fourth-order valence-electron chi connectivity index (χ4n) is 2.58. The highest BCUT2D eigenvalue weighted by Gasteiger charge is 2.21. The number of methoxy groups -OCH3 is 3. The van der Waals surface area contributed by atoms with Crippen LogP contribution in [-0.4, -0.2) is 28.4 Å². The number of rotatable bonds is 10. The Morgan fingerprint density at radius 1 is 0.952 bits per heavy atom. The third-order valence-electron chi connectivity index (χ3n) is 3.80. The summed E-state index contributed by atoms with van der Waals surface area (Å²) in [5.74, 6) is 2.36. The van der Waals surface area contributed by atoms with Crippen LogP contribution in [0, 0.1) is 0 Å². The molecule has 1 aromatic carbocycles. The van der Waals surface area contributed by atoms with Gasteiger partial charge in [0, 0.05) is 18.2 Å². The first-order chi connectivity index (χ1) is 10.2. The van der Waals surface area contributed by atoms with Crippen molar-refractivity contribution in [3.8, 4) is 17.2 Å². The molecule has 0 aromatic heterocycles. The molecule has 120 valence electrons. The van der Waals surface area contributed by atoms with Gasteiger partial charge in [-0.2, -0.15) is 0 Å². The van der Waals surface area contributed by atoms with E-state index in [-0.39, 0.29) is 6.04 Å². The second-order valence-electron chi connectivity index (χ2n) is 5.14. The first-order valence-corrected chi connectivity index (χ1v) is 7.68. The maximum atomic E-state index is 5.54. The minimum absolute atomic E-state index is 0.220. The predicted octanol–water partition coefficient (Wildman–Crippen LogP) is 3.94. The molecule has 1 aromatic rings. The average Bonchev–Trinajstić information content (AvgIpc) is 2.54. The van der Waals surface area contributed by atoms with Crippen LogP contribution in [-0.2, 0) is 0 Å². The predicted molar refractivity (Wildman–Crippen MR) is 86.7 cm³/mol. The van der Waals surface area contributed by atoms with Gasteiger partial charge in [0.25, 0.3) is 0 Å². The summed E-state index contributed by atoms with van der Waals surface area (Å²) in [5, 5.41) is 3.38. The van der Waals surface area contributed by atoms with Gasteiger partial charge in [0.2, 0.25) is 0 Å². The zero-order valence-electron chi connectivity index (χ0n) is 14.0. The third kappa shape index (κ3) is 4.81. The molecule has 0 aliphatic rings. The van der Waals surface area contributed by atoms with Crippen molar-refractivity contribution in [2.45, 2.75) is 45.1 Å². The first kappa shape index (κ1) is 17.6. The van der Waals surface area contributed by atoms with Crippen LogP contribution in [0.2, 0.25) is 0 Å². The summed E-state index contributed by atoms with van der Waals surface area (Å²) in [6.07, 6.45) is 6.05. The van der Waals surface area contributed by atoms with Crippen LogP contribution in [0.25, 0.3) is 0 Å². The van der Waals surface area contributed by atoms with Crippen molar-refractivity contribution in [1.29, 1.82) is 0 Å². The standard InChI is InChI=1S/C17H29NO3/c1-6-7-8-9-10-14(18-2)17-15(20-4)11-13(19-3)12-16(17)21-5/h11-12,14,18H,6-10H2,1-5H3. The van der Waals surface area contributed by atoms with E-state index in [0.717, 1.165) is 29.2 Å². The molecule has 1 rings (SSSR count). The van der Waals surface area contributed by atoms with Crippen molar-refractivity contribution in [3.05, 3.63) is 17.7 Å². The number of unbranched alkanes of at least 4 members (excludes halogenated alkanes) is 3. The normalized spacial score (nSPS) is 12.0. The maximum absolute atomic E-state index is 5.54. The molecule has 1 atom stereocenters. The van der Waals surface area contributed by atoms with Crippen LogP contribution in [0.3, 0.4) is 0 Å². The Kier molecular flexibility index (Phi) is 7.98. The second kappa shape index (κ2) is 9.50. The molecule has 4 heteroatoms. The molecule has 4 nitrogen and oxygen atoms in total. The summed E-state index contributed by atoms with van der Waals surface area (Å²) in [6.45, 7) is 2.23. The summed E-state index contributed by atoms with van der Waals surface area (Å²) in [7, 11) is 6.99. The highest BCUT2D eigenvalue weighted by molar-refractivity contribution is 5.52. The van der Waals surface area contributed by atoms with Gasteiger partial charge >= 0.3 is 0 Å². The lowest BCUT2D eigenvalue weighted by Crippen LogP contribution is -2.18. The minimum Gasteiger partial charge on any atom is -0.496 e. The monoisotopic (exact) mass is 295 g/mol. The number of hydrogen-bond donors (Lipinski definition) is 1. The quantitative estimate of drug-likeness (QED) is 0.664. The van der Waals surface area contributed by atoms with E-state index in [4.69, 9.17) is 14.2 Å². The summed E-state index contributed by atoms with van der Waals surface area (Å²) in [6, 6.07) is 4.04. The molecule has 0 spiro atoms. The Hall–Kier alpha value is -1.42. The van der Waals surface area contributed by atoms with Gasteiger partial charge in [0.05, 0.1) is 26.9 Å². The summed E-state index contributed by atoms with van der Waals surface area (Å²) in [4.78, 5) is 0. The van der Waals surface area contributed by atoms with E-state index in [2.05, 4.69) is 12.2 Å². The maximum Gasteiger partial charge on any atom is 0.131 e. The van der Waals surface area contributed by atoms with Gasteiger partial charge in [-0.3, -0.25) is 0 Å². The van der Waals surface area contributed by atoms with E-state index in [1.54, 1.807) is 21.3 Å². The number of benzene rings is 1. The molecule has 0 saturated heterocycles. The molecule has 0 aliphatic carbocycles.